The minimum atomic E-state index is -0.384. The maximum atomic E-state index is 12.9. The predicted octanol–water partition coefficient (Wildman–Crippen LogP) is 1.58. The molecule has 2 aliphatic rings. The molecule has 2 fully saturated rings. The van der Waals surface area contributed by atoms with Crippen molar-refractivity contribution in [1.29, 1.82) is 0 Å². The van der Waals surface area contributed by atoms with E-state index in [0.717, 1.165) is 32.7 Å². The van der Waals surface area contributed by atoms with Crippen LogP contribution in [0.3, 0.4) is 0 Å². The SMILES string of the molecule is Fc1cnc(N2C[C@H]3CN(Cc4cccnc4)C[C@H]3C2)nc1. The number of likely N-dealkylation sites (tertiary alicyclic amines) is 1. The van der Waals surface area contributed by atoms with Gasteiger partial charge in [0.05, 0.1) is 12.4 Å². The fourth-order valence-corrected chi connectivity index (χ4v) is 3.60. The van der Waals surface area contributed by atoms with Crippen molar-refractivity contribution in [2.45, 2.75) is 6.54 Å². The van der Waals surface area contributed by atoms with Gasteiger partial charge in [0.1, 0.15) is 0 Å². The Morgan fingerprint density at radius 2 is 1.77 bits per heavy atom. The highest BCUT2D eigenvalue weighted by molar-refractivity contribution is 5.32. The highest BCUT2D eigenvalue weighted by Crippen LogP contribution is 2.33. The summed E-state index contributed by atoms with van der Waals surface area (Å²) < 4.78 is 12.9. The van der Waals surface area contributed by atoms with Gasteiger partial charge in [-0.2, -0.15) is 0 Å². The highest BCUT2D eigenvalue weighted by Gasteiger charge is 2.40. The molecule has 2 atom stereocenters. The second kappa shape index (κ2) is 5.61. The largest absolute Gasteiger partial charge is 0.340 e. The van der Waals surface area contributed by atoms with Crippen LogP contribution in [0.4, 0.5) is 10.3 Å². The van der Waals surface area contributed by atoms with Crippen molar-refractivity contribution in [1.82, 2.24) is 19.9 Å². The maximum absolute atomic E-state index is 12.9. The number of anilines is 1. The average molecular weight is 299 g/mol. The van der Waals surface area contributed by atoms with Gasteiger partial charge < -0.3 is 4.90 Å². The van der Waals surface area contributed by atoms with Crippen LogP contribution in [0, 0.1) is 17.7 Å². The molecule has 2 aromatic heterocycles. The van der Waals surface area contributed by atoms with Crippen LogP contribution in [0.5, 0.6) is 0 Å². The van der Waals surface area contributed by atoms with Crippen LogP contribution < -0.4 is 4.90 Å². The molecule has 4 rings (SSSR count). The van der Waals surface area contributed by atoms with E-state index in [4.69, 9.17) is 0 Å². The molecule has 0 saturated carbocycles. The first-order valence-electron chi connectivity index (χ1n) is 7.61. The first-order valence-corrected chi connectivity index (χ1v) is 7.61. The van der Waals surface area contributed by atoms with E-state index in [1.807, 2.05) is 18.5 Å². The Morgan fingerprint density at radius 1 is 1.05 bits per heavy atom. The molecule has 2 aromatic rings. The van der Waals surface area contributed by atoms with Gasteiger partial charge in [-0.15, -0.1) is 0 Å². The summed E-state index contributed by atoms with van der Waals surface area (Å²) in [6.07, 6.45) is 6.23. The lowest BCUT2D eigenvalue weighted by molar-refractivity contribution is 0.308. The van der Waals surface area contributed by atoms with Gasteiger partial charge in [0.25, 0.3) is 0 Å². The Balaban J connectivity index is 1.37. The van der Waals surface area contributed by atoms with Crippen molar-refractivity contribution >= 4 is 5.95 Å². The first-order chi connectivity index (χ1) is 10.8. The normalized spacial score (nSPS) is 24.7. The van der Waals surface area contributed by atoms with Gasteiger partial charge in [-0.1, -0.05) is 6.07 Å². The molecule has 0 radical (unpaired) electrons. The molecule has 114 valence electrons. The second-order valence-electron chi connectivity index (χ2n) is 6.18. The van der Waals surface area contributed by atoms with Crippen molar-refractivity contribution in [3.8, 4) is 0 Å². The summed E-state index contributed by atoms with van der Waals surface area (Å²) in [5.41, 5.74) is 1.26. The summed E-state index contributed by atoms with van der Waals surface area (Å²) >= 11 is 0. The smallest absolute Gasteiger partial charge is 0.225 e. The molecule has 2 aliphatic heterocycles. The summed E-state index contributed by atoms with van der Waals surface area (Å²) in [5.74, 6) is 1.55. The number of rotatable bonds is 3. The minimum absolute atomic E-state index is 0.384. The van der Waals surface area contributed by atoms with E-state index < -0.39 is 0 Å². The first kappa shape index (κ1) is 13.6. The van der Waals surface area contributed by atoms with Crippen LogP contribution >= 0.6 is 0 Å². The Kier molecular flexibility index (Phi) is 3.46. The number of aromatic nitrogens is 3. The fraction of sp³-hybridized carbons (Fsp3) is 0.438. The van der Waals surface area contributed by atoms with E-state index in [1.165, 1.54) is 18.0 Å². The molecular weight excluding hydrogens is 281 g/mol. The van der Waals surface area contributed by atoms with Gasteiger partial charge in [-0.25, -0.2) is 14.4 Å². The van der Waals surface area contributed by atoms with Crippen LogP contribution in [-0.4, -0.2) is 46.0 Å². The Labute approximate surface area is 128 Å². The molecule has 0 N–H and O–H groups in total. The number of fused-ring (bicyclic) bond motifs is 1. The maximum Gasteiger partial charge on any atom is 0.225 e. The molecule has 0 bridgehead atoms. The number of hydrogen-bond acceptors (Lipinski definition) is 5. The van der Waals surface area contributed by atoms with E-state index >= 15 is 0 Å². The van der Waals surface area contributed by atoms with E-state index in [9.17, 15) is 4.39 Å². The monoisotopic (exact) mass is 299 g/mol. The summed E-state index contributed by atoms with van der Waals surface area (Å²) in [5, 5.41) is 0. The third kappa shape index (κ3) is 2.66. The van der Waals surface area contributed by atoms with Crippen LogP contribution in [0.25, 0.3) is 0 Å². The topological polar surface area (TPSA) is 45.2 Å². The standard InChI is InChI=1S/C16H18FN5/c17-15-5-19-16(20-6-15)22-10-13-8-21(9-14(13)11-22)7-12-2-1-3-18-4-12/h1-6,13-14H,7-11H2/t13-,14+. The number of nitrogens with zero attached hydrogens (tertiary/aromatic N) is 5. The lowest BCUT2D eigenvalue weighted by Gasteiger charge is -2.21. The lowest BCUT2D eigenvalue weighted by Crippen LogP contribution is -2.29. The zero-order valence-corrected chi connectivity index (χ0v) is 12.3. The van der Waals surface area contributed by atoms with Crippen LogP contribution in [0.15, 0.2) is 36.9 Å². The summed E-state index contributed by atoms with van der Waals surface area (Å²) in [4.78, 5) is 17.0. The minimum Gasteiger partial charge on any atom is -0.340 e. The van der Waals surface area contributed by atoms with E-state index in [1.54, 1.807) is 0 Å². The van der Waals surface area contributed by atoms with Crippen LogP contribution in [0.1, 0.15) is 5.56 Å². The van der Waals surface area contributed by atoms with Crippen LogP contribution in [0.2, 0.25) is 0 Å². The Morgan fingerprint density at radius 3 is 2.41 bits per heavy atom. The van der Waals surface area contributed by atoms with Crippen molar-refractivity contribution in [3.63, 3.8) is 0 Å². The summed E-state index contributed by atoms with van der Waals surface area (Å²) in [7, 11) is 0. The molecule has 0 aliphatic carbocycles. The molecule has 2 saturated heterocycles. The summed E-state index contributed by atoms with van der Waals surface area (Å²) in [6.45, 7) is 5.07. The third-order valence-electron chi connectivity index (χ3n) is 4.58. The van der Waals surface area contributed by atoms with E-state index in [2.05, 4.69) is 30.8 Å². The predicted molar refractivity (Wildman–Crippen MR) is 80.7 cm³/mol. The summed E-state index contributed by atoms with van der Waals surface area (Å²) in [6, 6.07) is 4.11. The zero-order chi connectivity index (χ0) is 14.9. The van der Waals surface area contributed by atoms with Crippen molar-refractivity contribution in [3.05, 3.63) is 48.3 Å². The van der Waals surface area contributed by atoms with Crippen LogP contribution in [-0.2, 0) is 6.54 Å². The van der Waals surface area contributed by atoms with Gasteiger partial charge in [0.15, 0.2) is 5.82 Å². The Bertz CT molecular complexity index is 619. The molecule has 0 amide bonds. The zero-order valence-electron chi connectivity index (χ0n) is 12.3. The molecule has 22 heavy (non-hydrogen) atoms. The van der Waals surface area contributed by atoms with Gasteiger partial charge in [-0.05, 0) is 23.5 Å². The fourth-order valence-electron chi connectivity index (χ4n) is 3.60. The average Bonchev–Trinajstić information content (AvgIpc) is 3.07. The number of pyridine rings is 1. The number of hydrogen-bond donors (Lipinski definition) is 0. The highest BCUT2D eigenvalue weighted by atomic mass is 19.1. The quantitative estimate of drug-likeness (QED) is 0.861. The molecule has 6 heteroatoms. The van der Waals surface area contributed by atoms with Crippen molar-refractivity contribution in [2.75, 3.05) is 31.1 Å². The molecule has 0 unspecified atom stereocenters. The van der Waals surface area contributed by atoms with Gasteiger partial charge >= 0.3 is 0 Å². The second-order valence-corrected chi connectivity index (χ2v) is 6.18. The van der Waals surface area contributed by atoms with E-state index in [-0.39, 0.29) is 5.82 Å². The Hall–Kier alpha value is -2.08. The van der Waals surface area contributed by atoms with Gasteiger partial charge in [0, 0.05) is 45.1 Å². The van der Waals surface area contributed by atoms with Crippen molar-refractivity contribution < 1.29 is 4.39 Å². The molecule has 5 nitrogen and oxygen atoms in total. The molecule has 0 aromatic carbocycles. The van der Waals surface area contributed by atoms with Gasteiger partial charge in [-0.3, -0.25) is 9.88 Å². The molecule has 0 spiro atoms. The van der Waals surface area contributed by atoms with E-state index in [0.29, 0.717) is 17.8 Å². The van der Waals surface area contributed by atoms with Crippen molar-refractivity contribution in [2.24, 2.45) is 11.8 Å². The molecule has 4 heterocycles. The number of halogens is 1. The lowest BCUT2D eigenvalue weighted by atomic mass is 10.0. The third-order valence-corrected chi connectivity index (χ3v) is 4.58. The van der Waals surface area contributed by atoms with Gasteiger partial charge in [0.2, 0.25) is 5.95 Å². The molecular formula is C16H18FN5.